The van der Waals surface area contributed by atoms with Gasteiger partial charge in [-0.3, -0.25) is 15.0 Å². The first kappa shape index (κ1) is 21.0. The highest BCUT2D eigenvalue weighted by molar-refractivity contribution is 7.89. The number of hydrogen-bond acceptors (Lipinski definition) is 5. The fourth-order valence-corrected chi connectivity index (χ4v) is 3.62. The summed E-state index contributed by atoms with van der Waals surface area (Å²) in [5.41, 5.74) is 6.16. The Labute approximate surface area is 170 Å². The Morgan fingerprint density at radius 1 is 1.03 bits per heavy atom. The third kappa shape index (κ3) is 5.20. The smallest absolute Gasteiger partial charge is 0.265 e. The van der Waals surface area contributed by atoms with Crippen LogP contribution in [-0.2, 0) is 14.8 Å². The second kappa shape index (κ2) is 8.73. The zero-order valence-electron chi connectivity index (χ0n) is 16.3. The Morgan fingerprint density at radius 3 is 2.34 bits per heavy atom. The highest BCUT2D eigenvalue weighted by Gasteiger charge is 2.28. The van der Waals surface area contributed by atoms with Gasteiger partial charge in [-0.2, -0.15) is 0 Å². The predicted molar refractivity (Wildman–Crippen MR) is 108 cm³/mol. The van der Waals surface area contributed by atoms with Crippen LogP contribution in [0.3, 0.4) is 0 Å². The average Bonchev–Trinajstić information content (AvgIpc) is 3.52. The molecule has 0 aliphatic heterocycles. The maximum absolute atomic E-state index is 12.6. The molecule has 0 spiro atoms. The largest absolute Gasteiger partial charge is 0.352 e. The van der Waals surface area contributed by atoms with Crippen molar-refractivity contribution in [3.05, 3.63) is 65.7 Å². The number of hydrogen-bond donors (Lipinski definition) is 3. The summed E-state index contributed by atoms with van der Waals surface area (Å²) < 4.78 is 25.6. The highest BCUT2D eigenvalue weighted by atomic mass is 32.2. The van der Waals surface area contributed by atoms with Gasteiger partial charge in [0.15, 0.2) is 0 Å². The van der Waals surface area contributed by atoms with Crippen molar-refractivity contribution in [1.82, 2.24) is 20.5 Å². The van der Waals surface area contributed by atoms with Gasteiger partial charge in [-0.15, -0.1) is 0 Å². The standard InChI is InChI=1S/C20H24N4O4S/c1-24(2)29(27,28)17-10-6-9-15(13-17)19(25)23-22-18(14-7-4-3-5-8-14)20(26)21-16-11-12-16/h3-10,13,16,18,22H,11-12H2,1-2H3,(H,21,26)(H,23,25). The molecule has 0 aromatic heterocycles. The van der Waals surface area contributed by atoms with Crippen LogP contribution >= 0.6 is 0 Å². The van der Waals surface area contributed by atoms with Crippen LogP contribution in [0.25, 0.3) is 0 Å². The molecule has 0 heterocycles. The first-order valence-corrected chi connectivity index (χ1v) is 10.7. The second-order valence-electron chi connectivity index (χ2n) is 7.04. The molecule has 154 valence electrons. The fourth-order valence-electron chi connectivity index (χ4n) is 2.68. The lowest BCUT2D eigenvalue weighted by atomic mass is 10.1. The van der Waals surface area contributed by atoms with E-state index >= 15 is 0 Å². The maximum Gasteiger partial charge on any atom is 0.265 e. The Morgan fingerprint density at radius 2 is 1.72 bits per heavy atom. The van der Waals surface area contributed by atoms with Gasteiger partial charge in [0.05, 0.1) is 4.90 Å². The van der Waals surface area contributed by atoms with Gasteiger partial charge in [0.25, 0.3) is 5.91 Å². The number of nitrogens with zero attached hydrogens (tertiary/aromatic N) is 1. The van der Waals surface area contributed by atoms with Crippen LogP contribution in [-0.4, -0.2) is 44.7 Å². The van der Waals surface area contributed by atoms with Crippen LogP contribution in [0.4, 0.5) is 0 Å². The maximum atomic E-state index is 12.6. The summed E-state index contributed by atoms with van der Waals surface area (Å²) in [7, 11) is -0.812. The molecule has 2 amide bonds. The summed E-state index contributed by atoms with van der Waals surface area (Å²) in [5.74, 6) is -0.774. The number of carbonyl (C=O) groups excluding carboxylic acids is 2. The van der Waals surface area contributed by atoms with Gasteiger partial charge >= 0.3 is 0 Å². The quantitative estimate of drug-likeness (QED) is 0.561. The Balaban J connectivity index is 1.74. The summed E-state index contributed by atoms with van der Waals surface area (Å²) in [4.78, 5) is 25.2. The van der Waals surface area contributed by atoms with E-state index in [-0.39, 0.29) is 22.4 Å². The molecule has 1 aliphatic carbocycles. The second-order valence-corrected chi connectivity index (χ2v) is 9.19. The van der Waals surface area contributed by atoms with E-state index in [1.165, 1.54) is 38.4 Å². The zero-order valence-corrected chi connectivity index (χ0v) is 17.1. The summed E-state index contributed by atoms with van der Waals surface area (Å²) in [6.45, 7) is 0. The zero-order chi connectivity index (χ0) is 21.0. The van der Waals surface area contributed by atoms with Crippen molar-refractivity contribution >= 4 is 21.8 Å². The molecule has 9 heteroatoms. The van der Waals surface area contributed by atoms with E-state index < -0.39 is 22.0 Å². The van der Waals surface area contributed by atoms with Crippen LogP contribution in [0.1, 0.15) is 34.8 Å². The van der Waals surface area contributed by atoms with Gasteiger partial charge < -0.3 is 5.32 Å². The number of benzene rings is 2. The lowest BCUT2D eigenvalue weighted by Crippen LogP contribution is -2.46. The summed E-state index contributed by atoms with van der Waals surface area (Å²) >= 11 is 0. The SMILES string of the molecule is CN(C)S(=O)(=O)c1cccc(C(=O)NNC(C(=O)NC2CC2)c2ccccc2)c1. The topological polar surface area (TPSA) is 108 Å². The number of amides is 2. The molecule has 1 fully saturated rings. The van der Waals surface area contributed by atoms with Gasteiger partial charge in [-0.25, -0.2) is 18.1 Å². The molecular formula is C20H24N4O4S. The minimum atomic E-state index is -3.66. The first-order valence-electron chi connectivity index (χ1n) is 9.23. The number of sulfonamides is 1. The third-order valence-corrected chi connectivity index (χ3v) is 6.33. The van der Waals surface area contributed by atoms with Crippen molar-refractivity contribution < 1.29 is 18.0 Å². The van der Waals surface area contributed by atoms with E-state index in [1.807, 2.05) is 18.2 Å². The van der Waals surface area contributed by atoms with Gasteiger partial charge in [0, 0.05) is 25.7 Å². The molecule has 1 atom stereocenters. The van der Waals surface area contributed by atoms with Gasteiger partial charge in [-0.1, -0.05) is 36.4 Å². The molecular weight excluding hydrogens is 392 g/mol. The van der Waals surface area contributed by atoms with Crippen LogP contribution in [0.2, 0.25) is 0 Å². The molecule has 29 heavy (non-hydrogen) atoms. The molecule has 3 rings (SSSR count). The van der Waals surface area contributed by atoms with Crippen LogP contribution in [0, 0.1) is 0 Å². The molecule has 1 saturated carbocycles. The van der Waals surface area contributed by atoms with E-state index in [2.05, 4.69) is 16.2 Å². The molecule has 2 aromatic rings. The molecule has 8 nitrogen and oxygen atoms in total. The summed E-state index contributed by atoms with van der Waals surface area (Å²) in [5, 5.41) is 2.92. The molecule has 3 N–H and O–H groups in total. The summed E-state index contributed by atoms with van der Waals surface area (Å²) in [6.07, 6.45) is 1.90. The molecule has 0 saturated heterocycles. The number of rotatable bonds is 8. The average molecular weight is 417 g/mol. The molecule has 1 aliphatic rings. The first-order chi connectivity index (χ1) is 13.8. The normalized spacial score (nSPS) is 15.0. The van der Waals surface area contributed by atoms with E-state index in [4.69, 9.17) is 0 Å². The summed E-state index contributed by atoms with van der Waals surface area (Å²) in [6, 6.07) is 14.2. The Kier molecular flexibility index (Phi) is 6.31. The van der Waals surface area contributed by atoms with Crippen LogP contribution in [0.5, 0.6) is 0 Å². The van der Waals surface area contributed by atoms with Crippen LogP contribution in [0.15, 0.2) is 59.5 Å². The van der Waals surface area contributed by atoms with Crippen LogP contribution < -0.4 is 16.2 Å². The Hall–Kier alpha value is -2.75. The monoisotopic (exact) mass is 416 g/mol. The highest BCUT2D eigenvalue weighted by Crippen LogP contribution is 2.21. The van der Waals surface area contributed by atoms with E-state index in [0.717, 1.165) is 17.1 Å². The van der Waals surface area contributed by atoms with Crippen molar-refractivity contribution in [2.75, 3.05) is 14.1 Å². The molecule has 0 bridgehead atoms. The number of carbonyl (C=O) groups is 2. The van der Waals surface area contributed by atoms with E-state index in [9.17, 15) is 18.0 Å². The molecule has 2 aromatic carbocycles. The molecule has 0 radical (unpaired) electrons. The van der Waals surface area contributed by atoms with Gasteiger partial charge in [0.2, 0.25) is 15.9 Å². The van der Waals surface area contributed by atoms with Crippen molar-refractivity contribution in [2.45, 2.75) is 29.8 Å². The van der Waals surface area contributed by atoms with Crippen molar-refractivity contribution in [2.24, 2.45) is 0 Å². The van der Waals surface area contributed by atoms with Crippen molar-refractivity contribution in [1.29, 1.82) is 0 Å². The van der Waals surface area contributed by atoms with E-state index in [1.54, 1.807) is 12.1 Å². The molecule has 1 unspecified atom stereocenters. The van der Waals surface area contributed by atoms with Crippen molar-refractivity contribution in [3.8, 4) is 0 Å². The van der Waals surface area contributed by atoms with Gasteiger partial charge in [-0.05, 0) is 36.6 Å². The third-order valence-electron chi connectivity index (χ3n) is 4.52. The van der Waals surface area contributed by atoms with E-state index in [0.29, 0.717) is 5.56 Å². The lowest BCUT2D eigenvalue weighted by molar-refractivity contribution is -0.123. The number of hydrazine groups is 1. The predicted octanol–water partition coefficient (Wildman–Crippen LogP) is 1.19. The van der Waals surface area contributed by atoms with Crippen molar-refractivity contribution in [3.63, 3.8) is 0 Å². The minimum absolute atomic E-state index is 0.0150. The number of nitrogens with one attached hydrogen (secondary N) is 3. The lowest BCUT2D eigenvalue weighted by Gasteiger charge is -2.19. The van der Waals surface area contributed by atoms with Gasteiger partial charge in [0.1, 0.15) is 6.04 Å². The fraction of sp³-hybridized carbons (Fsp3) is 0.300. The Bertz CT molecular complexity index is 989. The minimum Gasteiger partial charge on any atom is -0.352 e.